The molecular weight excluding hydrogens is 236 g/mol. The smallest absolute Gasteiger partial charge is 0.225 e. The Kier molecular flexibility index (Phi) is 4.97. The van der Waals surface area contributed by atoms with Crippen LogP contribution in [-0.4, -0.2) is 25.5 Å². The van der Waals surface area contributed by atoms with Gasteiger partial charge < -0.3 is 10.6 Å². The summed E-state index contributed by atoms with van der Waals surface area (Å²) in [5.41, 5.74) is 2.69. The summed E-state index contributed by atoms with van der Waals surface area (Å²) < 4.78 is 0. The van der Waals surface area contributed by atoms with Gasteiger partial charge in [-0.3, -0.25) is 4.79 Å². The van der Waals surface area contributed by atoms with Crippen molar-refractivity contribution >= 4 is 5.91 Å². The molecule has 1 aliphatic heterocycles. The van der Waals surface area contributed by atoms with Crippen molar-refractivity contribution in [1.82, 2.24) is 10.6 Å². The first-order chi connectivity index (χ1) is 9.20. The van der Waals surface area contributed by atoms with Gasteiger partial charge in [0.25, 0.3) is 0 Å². The van der Waals surface area contributed by atoms with E-state index in [1.165, 1.54) is 17.5 Å². The highest BCUT2D eigenvalue weighted by Gasteiger charge is 2.23. The van der Waals surface area contributed by atoms with Gasteiger partial charge in [-0.15, -0.1) is 0 Å². The molecular formula is C16H24N2O. The van der Waals surface area contributed by atoms with Crippen LogP contribution in [0.15, 0.2) is 24.3 Å². The molecule has 0 spiro atoms. The predicted molar refractivity (Wildman–Crippen MR) is 78.2 cm³/mol. The van der Waals surface area contributed by atoms with Gasteiger partial charge >= 0.3 is 0 Å². The van der Waals surface area contributed by atoms with Gasteiger partial charge in [0.1, 0.15) is 0 Å². The third-order valence-electron chi connectivity index (χ3n) is 4.03. The predicted octanol–water partition coefficient (Wildman–Crippen LogP) is 2.08. The van der Waals surface area contributed by atoms with Crippen LogP contribution in [0.4, 0.5) is 0 Å². The largest absolute Gasteiger partial charge is 0.355 e. The summed E-state index contributed by atoms with van der Waals surface area (Å²) in [7, 11) is 0. The van der Waals surface area contributed by atoms with E-state index in [1.54, 1.807) is 0 Å². The van der Waals surface area contributed by atoms with E-state index < -0.39 is 0 Å². The molecule has 0 radical (unpaired) electrons. The molecule has 1 atom stereocenters. The summed E-state index contributed by atoms with van der Waals surface area (Å²) in [4.78, 5) is 11.6. The zero-order valence-electron chi connectivity index (χ0n) is 11.9. The van der Waals surface area contributed by atoms with Crippen LogP contribution in [0.25, 0.3) is 0 Å². The lowest BCUT2D eigenvalue weighted by molar-refractivity contribution is -0.126. The average molecular weight is 260 g/mol. The average Bonchev–Trinajstić information content (AvgIpc) is 2.36. The van der Waals surface area contributed by atoms with Gasteiger partial charge in [0, 0.05) is 19.6 Å². The van der Waals surface area contributed by atoms with Crippen molar-refractivity contribution in [2.24, 2.45) is 5.92 Å². The molecule has 104 valence electrons. The number of carbonyl (C=O) groups excluding carboxylic acids is 1. The van der Waals surface area contributed by atoms with Gasteiger partial charge in [0.2, 0.25) is 5.91 Å². The summed E-state index contributed by atoms with van der Waals surface area (Å²) in [6, 6.07) is 8.78. The van der Waals surface area contributed by atoms with Crippen LogP contribution in [0.3, 0.4) is 0 Å². The maximum Gasteiger partial charge on any atom is 0.225 e. The molecule has 3 nitrogen and oxygen atoms in total. The van der Waals surface area contributed by atoms with Gasteiger partial charge in [0.15, 0.2) is 0 Å². The maximum atomic E-state index is 11.6. The molecule has 1 aromatic rings. The second-order valence-electron chi connectivity index (χ2n) is 5.45. The number of amides is 1. The van der Waals surface area contributed by atoms with Crippen LogP contribution >= 0.6 is 0 Å². The number of rotatable bonds is 6. The molecule has 1 saturated heterocycles. The molecule has 1 heterocycles. The number of hydrogen-bond donors (Lipinski definition) is 2. The fourth-order valence-electron chi connectivity index (χ4n) is 2.20. The van der Waals surface area contributed by atoms with Crippen LogP contribution in [0.1, 0.15) is 37.3 Å². The number of carbonyl (C=O) groups is 1. The van der Waals surface area contributed by atoms with E-state index >= 15 is 0 Å². The van der Waals surface area contributed by atoms with Gasteiger partial charge in [-0.05, 0) is 29.9 Å². The van der Waals surface area contributed by atoms with Crippen molar-refractivity contribution in [1.29, 1.82) is 0 Å². The van der Waals surface area contributed by atoms with E-state index in [0.29, 0.717) is 5.92 Å². The van der Waals surface area contributed by atoms with Crippen molar-refractivity contribution in [2.45, 2.75) is 32.6 Å². The molecule has 0 aliphatic carbocycles. The normalized spacial score (nSPS) is 16.7. The molecule has 2 rings (SSSR count). The lowest BCUT2D eigenvalue weighted by Crippen LogP contribution is -2.51. The highest BCUT2D eigenvalue weighted by atomic mass is 16.2. The molecule has 3 heteroatoms. The lowest BCUT2D eigenvalue weighted by Gasteiger charge is -2.25. The van der Waals surface area contributed by atoms with E-state index in [4.69, 9.17) is 0 Å². The Morgan fingerprint density at radius 3 is 2.58 bits per heavy atom. The Balaban J connectivity index is 1.75. The number of nitrogens with one attached hydrogen (secondary N) is 2. The second kappa shape index (κ2) is 6.71. The Morgan fingerprint density at radius 2 is 2.05 bits per heavy atom. The Morgan fingerprint density at radius 1 is 1.37 bits per heavy atom. The van der Waals surface area contributed by atoms with E-state index in [1.807, 2.05) is 0 Å². The van der Waals surface area contributed by atoms with Gasteiger partial charge in [-0.25, -0.2) is 0 Å². The van der Waals surface area contributed by atoms with Crippen LogP contribution in [-0.2, 0) is 11.2 Å². The molecule has 0 saturated carbocycles. The third kappa shape index (κ3) is 3.80. The minimum absolute atomic E-state index is 0.188. The second-order valence-corrected chi connectivity index (χ2v) is 5.45. The zero-order valence-corrected chi connectivity index (χ0v) is 11.9. The third-order valence-corrected chi connectivity index (χ3v) is 4.03. The van der Waals surface area contributed by atoms with Crippen molar-refractivity contribution < 1.29 is 4.79 Å². The fourth-order valence-corrected chi connectivity index (χ4v) is 2.20. The van der Waals surface area contributed by atoms with Crippen molar-refractivity contribution in [3.63, 3.8) is 0 Å². The maximum absolute atomic E-state index is 11.6. The van der Waals surface area contributed by atoms with Gasteiger partial charge in [-0.2, -0.15) is 0 Å². The summed E-state index contributed by atoms with van der Waals surface area (Å²) >= 11 is 0. The highest BCUT2D eigenvalue weighted by Crippen LogP contribution is 2.18. The molecule has 0 bridgehead atoms. The molecule has 1 amide bonds. The highest BCUT2D eigenvalue weighted by molar-refractivity contribution is 5.79. The Hall–Kier alpha value is -1.35. The van der Waals surface area contributed by atoms with E-state index in [2.05, 4.69) is 48.7 Å². The quantitative estimate of drug-likeness (QED) is 0.822. The van der Waals surface area contributed by atoms with Crippen LogP contribution < -0.4 is 10.6 Å². The number of hydrogen-bond acceptors (Lipinski definition) is 2. The summed E-state index contributed by atoms with van der Waals surface area (Å²) in [5.74, 6) is 1.00. The minimum atomic E-state index is 0.188. The molecule has 1 unspecified atom stereocenters. The van der Waals surface area contributed by atoms with Gasteiger partial charge in [-0.1, -0.05) is 38.1 Å². The summed E-state index contributed by atoms with van der Waals surface area (Å²) in [6.07, 6.45) is 2.08. The van der Waals surface area contributed by atoms with E-state index in [9.17, 15) is 4.79 Å². The standard InChI is InChI=1S/C16H24N2O/c1-3-12(2)14-6-4-13(5-7-14)8-9-18-16(19)15-10-17-11-15/h4-7,12,15,17H,3,8-11H2,1-2H3,(H,18,19). The Labute approximate surface area is 115 Å². The molecule has 0 aromatic heterocycles. The minimum Gasteiger partial charge on any atom is -0.355 e. The van der Waals surface area contributed by atoms with Crippen LogP contribution in [0, 0.1) is 5.92 Å². The molecule has 1 fully saturated rings. The topological polar surface area (TPSA) is 41.1 Å². The summed E-state index contributed by atoms with van der Waals surface area (Å²) in [5, 5.41) is 6.11. The first kappa shape index (κ1) is 14.1. The molecule has 19 heavy (non-hydrogen) atoms. The van der Waals surface area contributed by atoms with Crippen molar-refractivity contribution in [3.05, 3.63) is 35.4 Å². The van der Waals surface area contributed by atoms with Crippen LogP contribution in [0.2, 0.25) is 0 Å². The van der Waals surface area contributed by atoms with Gasteiger partial charge in [0.05, 0.1) is 5.92 Å². The van der Waals surface area contributed by atoms with Crippen molar-refractivity contribution in [3.8, 4) is 0 Å². The summed E-state index contributed by atoms with van der Waals surface area (Å²) in [6.45, 7) is 6.86. The SMILES string of the molecule is CCC(C)c1ccc(CCNC(=O)C2CNC2)cc1. The molecule has 2 N–H and O–H groups in total. The van der Waals surface area contributed by atoms with E-state index in [-0.39, 0.29) is 11.8 Å². The van der Waals surface area contributed by atoms with Crippen LogP contribution in [0.5, 0.6) is 0 Å². The molecule has 1 aromatic carbocycles. The Bertz CT molecular complexity index is 409. The lowest BCUT2D eigenvalue weighted by atomic mass is 9.97. The number of benzene rings is 1. The zero-order chi connectivity index (χ0) is 13.7. The molecule has 1 aliphatic rings. The van der Waals surface area contributed by atoms with Crippen molar-refractivity contribution in [2.75, 3.05) is 19.6 Å². The fraction of sp³-hybridized carbons (Fsp3) is 0.562. The van der Waals surface area contributed by atoms with E-state index in [0.717, 1.165) is 26.1 Å². The monoisotopic (exact) mass is 260 g/mol. The first-order valence-corrected chi connectivity index (χ1v) is 7.28. The first-order valence-electron chi connectivity index (χ1n) is 7.28.